The number of benzene rings is 1. The molecule has 0 saturated carbocycles. The third kappa shape index (κ3) is 5.37. The SMILES string of the molecule is CC(NC(=O)COc1ccccc1)C(=O)N[C@H]1CCCNC1. The Labute approximate surface area is 130 Å². The second-order valence-corrected chi connectivity index (χ2v) is 5.44. The molecule has 1 saturated heterocycles. The van der Waals surface area contributed by atoms with Gasteiger partial charge in [-0.25, -0.2) is 0 Å². The van der Waals surface area contributed by atoms with Crippen LogP contribution in [0.25, 0.3) is 0 Å². The van der Waals surface area contributed by atoms with Crippen LogP contribution in [0.2, 0.25) is 0 Å². The van der Waals surface area contributed by atoms with Crippen LogP contribution < -0.4 is 20.7 Å². The van der Waals surface area contributed by atoms with E-state index in [0.29, 0.717) is 5.75 Å². The molecule has 6 nitrogen and oxygen atoms in total. The van der Waals surface area contributed by atoms with Gasteiger partial charge in [0, 0.05) is 12.6 Å². The average Bonchev–Trinajstić information content (AvgIpc) is 2.55. The van der Waals surface area contributed by atoms with Gasteiger partial charge in [0.25, 0.3) is 5.91 Å². The summed E-state index contributed by atoms with van der Waals surface area (Å²) in [5.74, 6) is 0.151. The van der Waals surface area contributed by atoms with Crippen molar-refractivity contribution < 1.29 is 14.3 Å². The Morgan fingerprint density at radius 2 is 2.14 bits per heavy atom. The van der Waals surface area contributed by atoms with Crippen molar-refractivity contribution in [3.8, 4) is 5.75 Å². The Morgan fingerprint density at radius 1 is 1.36 bits per heavy atom. The van der Waals surface area contributed by atoms with Gasteiger partial charge in [0.2, 0.25) is 5.91 Å². The molecule has 1 aromatic carbocycles. The number of hydrogen-bond donors (Lipinski definition) is 3. The minimum absolute atomic E-state index is 0.105. The van der Waals surface area contributed by atoms with Crippen molar-refractivity contribution in [1.29, 1.82) is 0 Å². The van der Waals surface area contributed by atoms with Crippen LogP contribution in [0.4, 0.5) is 0 Å². The van der Waals surface area contributed by atoms with E-state index in [-0.39, 0.29) is 24.5 Å². The molecule has 1 fully saturated rings. The Hall–Kier alpha value is -2.08. The number of amides is 2. The van der Waals surface area contributed by atoms with Gasteiger partial charge in [0.05, 0.1) is 0 Å². The van der Waals surface area contributed by atoms with Crippen molar-refractivity contribution in [1.82, 2.24) is 16.0 Å². The highest BCUT2D eigenvalue weighted by molar-refractivity contribution is 5.87. The van der Waals surface area contributed by atoms with E-state index in [9.17, 15) is 9.59 Å². The highest BCUT2D eigenvalue weighted by Crippen LogP contribution is 2.07. The molecular formula is C16H23N3O3. The van der Waals surface area contributed by atoms with E-state index in [1.54, 1.807) is 19.1 Å². The molecule has 2 amide bonds. The first-order valence-electron chi connectivity index (χ1n) is 7.63. The number of hydrogen-bond acceptors (Lipinski definition) is 4. The van der Waals surface area contributed by atoms with Gasteiger partial charge in [0.15, 0.2) is 6.61 Å². The monoisotopic (exact) mass is 305 g/mol. The summed E-state index contributed by atoms with van der Waals surface area (Å²) >= 11 is 0. The molecule has 1 unspecified atom stereocenters. The van der Waals surface area contributed by atoms with Gasteiger partial charge >= 0.3 is 0 Å². The lowest BCUT2D eigenvalue weighted by atomic mass is 10.1. The third-order valence-electron chi connectivity index (χ3n) is 3.53. The van der Waals surface area contributed by atoms with Crippen molar-refractivity contribution in [3.63, 3.8) is 0 Å². The van der Waals surface area contributed by atoms with E-state index in [1.807, 2.05) is 18.2 Å². The van der Waals surface area contributed by atoms with Crippen LogP contribution in [-0.4, -0.2) is 43.6 Å². The normalized spacial score (nSPS) is 19.0. The second-order valence-electron chi connectivity index (χ2n) is 5.44. The number of carbonyl (C=O) groups excluding carboxylic acids is 2. The maximum Gasteiger partial charge on any atom is 0.258 e. The summed E-state index contributed by atoms with van der Waals surface area (Å²) in [4.78, 5) is 23.8. The summed E-state index contributed by atoms with van der Waals surface area (Å²) in [5.41, 5.74) is 0. The first-order valence-corrected chi connectivity index (χ1v) is 7.63. The molecular weight excluding hydrogens is 282 g/mol. The lowest BCUT2D eigenvalue weighted by Gasteiger charge is -2.25. The summed E-state index contributed by atoms with van der Waals surface area (Å²) in [5, 5.41) is 8.82. The summed E-state index contributed by atoms with van der Waals surface area (Å²) in [6.45, 7) is 3.34. The van der Waals surface area contributed by atoms with Gasteiger partial charge in [-0.1, -0.05) is 18.2 Å². The average molecular weight is 305 g/mol. The Kier molecular flexibility index (Phi) is 6.21. The van der Waals surface area contributed by atoms with E-state index in [1.165, 1.54) is 0 Å². The van der Waals surface area contributed by atoms with Crippen LogP contribution in [-0.2, 0) is 9.59 Å². The predicted molar refractivity (Wildman–Crippen MR) is 83.6 cm³/mol. The third-order valence-corrected chi connectivity index (χ3v) is 3.53. The number of carbonyl (C=O) groups is 2. The van der Waals surface area contributed by atoms with E-state index in [4.69, 9.17) is 4.74 Å². The van der Waals surface area contributed by atoms with E-state index < -0.39 is 6.04 Å². The van der Waals surface area contributed by atoms with Crippen LogP contribution in [0.1, 0.15) is 19.8 Å². The lowest BCUT2D eigenvalue weighted by molar-refractivity contribution is -0.130. The Bertz CT molecular complexity index is 487. The van der Waals surface area contributed by atoms with E-state index >= 15 is 0 Å². The van der Waals surface area contributed by atoms with Gasteiger partial charge in [-0.2, -0.15) is 0 Å². The first kappa shape index (κ1) is 16.3. The second kappa shape index (κ2) is 8.38. The van der Waals surface area contributed by atoms with Crippen molar-refractivity contribution >= 4 is 11.8 Å². The molecule has 1 aliphatic heterocycles. The van der Waals surface area contributed by atoms with Crippen molar-refractivity contribution in [2.75, 3.05) is 19.7 Å². The molecule has 1 aliphatic rings. The zero-order valence-corrected chi connectivity index (χ0v) is 12.8. The molecule has 0 aromatic heterocycles. The number of piperidine rings is 1. The highest BCUT2D eigenvalue weighted by atomic mass is 16.5. The largest absolute Gasteiger partial charge is 0.484 e. The molecule has 2 rings (SSSR count). The minimum atomic E-state index is -0.575. The maximum atomic E-state index is 12.0. The Balaban J connectivity index is 1.69. The fraction of sp³-hybridized carbons (Fsp3) is 0.500. The van der Waals surface area contributed by atoms with Gasteiger partial charge in [-0.15, -0.1) is 0 Å². The topological polar surface area (TPSA) is 79.5 Å². The van der Waals surface area contributed by atoms with Gasteiger partial charge in [0.1, 0.15) is 11.8 Å². The van der Waals surface area contributed by atoms with E-state index in [2.05, 4.69) is 16.0 Å². The maximum absolute atomic E-state index is 12.0. The van der Waals surface area contributed by atoms with Crippen LogP contribution in [0.5, 0.6) is 5.75 Å². The number of nitrogens with one attached hydrogen (secondary N) is 3. The van der Waals surface area contributed by atoms with Crippen LogP contribution in [0.3, 0.4) is 0 Å². The first-order chi connectivity index (χ1) is 10.6. The summed E-state index contributed by atoms with van der Waals surface area (Å²) < 4.78 is 5.34. The molecule has 1 heterocycles. The van der Waals surface area contributed by atoms with Gasteiger partial charge in [-0.05, 0) is 38.4 Å². The quantitative estimate of drug-likeness (QED) is 0.712. The standard InChI is InChI=1S/C16H23N3O3/c1-12(16(21)19-13-6-5-9-17-10-13)18-15(20)11-22-14-7-3-2-4-8-14/h2-4,7-8,12-13,17H,5-6,9-11H2,1H3,(H,18,20)(H,19,21)/t12?,13-/m0/s1. The van der Waals surface area contributed by atoms with Crippen molar-refractivity contribution in [2.24, 2.45) is 0 Å². The summed E-state index contributed by atoms with van der Waals surface area (Å²) in [7, 11) is 0. The van der Waals surface area contributed by atoms with E-state index in [0.717, 1.165) is 25.9 Å². The minimum Gasteiger partial charge on any atom is -0.484 e. The fourth-order valence-corrected chi connectivity index (χ4v) is 2.32. The van der Waals surface area contributed by atoms with Crippen molar-refractivity contribution in [3.05, 3.63) is 30.3 Å². The molecule has 0 aliphatic carbocycles. The molecule has 3 N–H and O–H groups in total. The zero-order valence-electron chi connectivity index (χ0n) is 12.8. The summed E-state index contributed by atoms with van der Waals surface area (Å²) in [6, 6.07) is 8.66. The number of para-hydroxylation sites is 1. The molecule has 6 heteroatoms. The predicted octanol–water partition coefficient (Wildman–Crippen LogP) is 0.438. The molecule has 1 aromatic rings. The van der Waals surface area contributed by atoms with Crippen LogP contribution in [0.15, 0.2) is 30.3 Å². The fourth-order valence-electron chi connectivity index (χ4n) is 2.32. The highest BCUT2D eigenvalue weighted by Gasteiger charge is 2.20. The summed E-state index contributed by atoms with van der Waals surface area (Å²) in [6.07, 6.45) is 2.02. The molecule has 120 valence electrons. The molecule has 22 heavy (non-hydrogen) atoms. The zero-order chi connectivity index (χ0) is 15.8. The van der Waals surface area contributed by atoms with Gasteiger partial charge in [-0.3, -0.25) is 9.59 Å². The molecule has 0 spiro atoms. The molecule has 0 bridgehead atoms. The number of rotatable bonds is 6. The number of ether oxygens (including phenoxy) is 1. The smallest absolute Gasteiger partial charge is 0.258 e. The van der Waals surface area contributed by atoms with Crippen molar-refractivity contribution in [2.45, 2.75) is 31.8 Å². The van der Waals surface area contributed by atoms with Crippen LogP contribution in [0, 0.1) is 0 Å². The van der Waals surface area contributed by atoms with Gasteiger partial charge < -0.3 is 20.7 Å². The lowest BCUT2D eigenvalue weighted by Crippen LogP contribution is -2.52. The van der Waals surface area contributed by atoms with Crippen LogP contribution >= 0.6 is 0 Å². The Morgan fingerprint density at radius 3 is 2.82 bits per heavy atom. The molecule has 0 radical (unpaired) electrons. The molecule has 2 atom stereocenters.